The van der Waals surface area contributed by atoms with E-state index in [-0.39, 0.29) is 10.7 Å². The second kappa shape index (κ2) is 11.7. The summed E-state index contributed by atoms with van der Waals surface area (Å²) in [5, 5.41) is 1.39. The second-order valence-electron chi connectivity index (χ2n) is 9.31. The molecule has 1 amide bonds. The summed E-state index contributed by atoms with van der Waals surface area (Å²) in [6.45, 7) is 0. The van der Waals surface area contributed by atoms with E-state index in [1.165, 1.54) is 12.1 Å². The molecule has 0 aromatic heterocycles. The predicted octanol–water partition coefficient (Wildman–Crippen LogP) is 8.18. The van der Waals surface area contributed by atoms with E-state index in [4.69, 9.17) is 46.4 Å². The van der Waals surface area contributed by atoms with Crippen molar-refractivity contribution in [2.24, 2.45) is 5.92 Å². The van der Waals surface area contributed by atoms with Gasteiger partial charge >= 0.3 is 6.18 Å². The minimum atomic E-state index is -5.35. The van der Waals surface area contributed by atoms with Crippen LogP contribution in [0.5, 0.6) is 0 Å². The van der Waals surface area contributed by atoms with E-state index in [0.29, 0.717) is 11.6 Å². The standard InChI is InChI=1S/C27H14Cl4F7NO3/c28-15-5-10(1-4-17(15)33)21-22(26(21,30)31)25(42)39-12-7-14(23(29)18(34)8-12)19(40)6-11-2-3-16(32)13(24(11)35)9-20(41)27(36,37)38/h1-5,7-8,21-22H,6,9H2,(H,39,42)/t21-,22+/m0/s1. The van der Waals surface area contributed by atoms with Crippen molar-refractivity contribution >= 4 is 69.6 Å². The molecule has 1 fully saturated rings. The number of benzene rings is 3. The van der Waals surface area contributed by atoms with Gasteiger partial charge in [0.05, 0.1) is 16.0 Å². The number of ketones is 2. The molecule has 1 saturated carbocycles. The number of halogens is 11. The molecule has 3 aromatic carbocycles. The molecule has 0 radical (unpaired) electrons. The van der Waals surface area contributed by atoms with Crippen molar-refractivity contribution in [1.29, 1.82) is 0 Å². The molecular formula is C27H14Cl4F7NO3. The Balaban J connectivity index is 1.56. The fourth-order valence-electron chi connectivity index (χ4n) is 4.33. The third-order valence-corrected chi connectivity index (χ3v) is 8.12. The van der Waals surface area contributed by atoms with Gasteiger partial charge in [0, 0.05) is 35.6 Å². The highest BCUT2D eigenvalue weighted by Crippen LogP contribution is 2.65. The maximum Gasteiger partial charge on any atom is 0.450 e. The first-order chi connectivity index (χ1) is 19.4. The number of hydrogen-bond donors (Lipinski definition) is 1. The van der Waals surface area contributed by atoms with E-state index in [1.807, 2.05) is 0 Å². The average Bonchev–Trinajstić information content (AvgIpc) is 3.48. The first-order valence-electron chi connectivity index (χ1n) is 11.6. The lowest BCUT2D eigenvalue weighted by Gasteiger charge is -2.12. The van der Waals surface area contributed by atoms with Gasteiger partial charge in [0.2, 0.25) is 11.7 Å². The third-order valence-electron chi connectivity index (χ3n) is 6.51. The molecule has 15 heteroatoms. The Kier molecular flexibility index (Phi) is 8.91. The highest BCUT2D eigenvalue weighted by atomic mass is 35.5. The molecule has 1 N–H and O–H groups in total. The molecule has 0 bridgehead atoms. The number of carbonyl (C=O) groups excluding carboxylic acids is 3. The highest BCUT2D eigenvalue weighted by Gasteiger charge is 2.67. The number of alkyl halides is 5. The zero-order valence-electron chi connectivity index (χ0n) is 20.5. The van der Waals surface area contributed by atoms with Crippen molar-refractivity contribution in [2.45, 2.75) is 29.3 Å². The Labute approximate surface area is 252 Å². The molecule has 222 valence electrons. The Hall–Kier alpha value is -2.86. The minimum Gasteiger partial charge on any atom is -0.326 e. The van der Waals surface area contributed by atoms with E-state index in [1.54, 1.807) is 0 Å². The highest BCUT2D eigenvalue weighted by molar-refractivity contribution is 6.53. The lowest BCUT2D eigenvalue weighted by molar-refractivity contribution is -0.170. The van der Waals surface area contributed by atoms with E-state index >= 15 is 0 Å². The van der Waals surface area contributed by atoms with Gasteiger partial charge in [0.15, 0.2) is 5.78 Å². The number of nitrogens with one attached hydrogen (secondary N) is 1. The molecule has 0 unspecified atom stereocenters. The fraction of sp³-hybridized carbons (Fsp3) is 0.222. The molecular weight excluding hydrogens is 661 g/mol. The number of hydrogen-bond acceptors (Lipinski definition) is 3. The van der Waals surface area contributed by atoms with Crippen LogP contribution in [0, 0.1) is 29.2 Å². The lowest BCUT2D eigenvalue weighted by Crippen LogP contribution is -2.25. The van der Waals surface area contributed by atoms with E-state index < -0.39 is 97.6 Å². The summed E-state index contributed by atoms with van der Waals surface area (Å²) in [5.41, 5.74) is -2.28. The smallest absolute Gasteiger partial charge is 0.326 e. The predicted molar refractivity (Wildman–Crippen MR) is 141 cm³/mol. The molecule has 0 spiro atoms. The van der Waals surface area contributed by atoms with Crippen LogP contribution in [0.15, 0.2) is 42.5 Å². The van der Waals surface area contributed by atoms with Crippen LogP contribution in [0.4, 0.5) is 36.4 Å². The topological polar surface area (TPSA) is 63.2 Å². The van der Waals surface area contributed by atoms with Crippen LogP contribution in [0.1, 0.15) is 33.0 Å². The summed E-state index contributed by atoms with van der Waals surface area (Å²) in [6.07, 6.45) is -7.91. The monoisotopic (exact) mass is 673 g/mol. The van der Waals surface area contributed by atoms with Gasteiger partial charge < -0.3 is 5.32 Å². The van der Waals surface area contributed by atoms with E-state index in [2.05, 4.69) is 5.32 Å². The van der Waals surface area contributed by atoms with E-state index in [9.17, 15) is 45.1 Å². The summed E-state index contributed by atoms with van der Waals surface area (Å²) in [7, 11) is 0. The van der Waals surface area contributed by atoms with Gasteiger partial charge in [-0.25, -0.2) is 17.6 Å². The van der Waals surface area contributed by atoms with Crippen molar-refractivity contribution in [1.82, 2.24) is 0 Å². The molecule has 0 heterocycles. The van der Waals surface area contributed by atoms with Gasteiger partial charge in [0.25, 0.3) is 0 Å². The number of rotatable bonds is 8. The first kappa shape index (κ1) is 32.1. The van der Waals surface area contributed by atoms with Gasteiger partial charge in [-0.3, -0.25) is 14.4 Å². The largest absolute Gasteiger partial charge is 0.450 e. The Bertz CT molecular complexity index is 1630. The molecule has 0 aliphatic heterocycles. The molecule has 42 heavy (non-hydrogen) atoms. The van der Waals surface area contributed by atoms with Gasteiger partial charge in [-0.15, -0.1) is 23.2 Å². The van der Waals surface area contributed by atoms with Crippen LogP contribution in [-0.2, 0) is 22.4 Å². The zero-order chi connectivity index (χ0) is 31.3. The van der Waals surface area contributed by atoms with Crippen LogP contribution in [0.2, 0.25) is 10.0 Å². The molecule has 2 atom stereocenters. The normalized spacial score (nSPS) is 17.6. The quantitative estimate of drug-likeness (QED) is 0.149. The Morgan fingerprint density at radius 1 is 0.857 bits per heavy atom. The number of amides is 1. The molecule has 1 aliphatic rings. The SMILES string of the molecule is O=C(Cc1ccc(F)c(CC(=O)C(F)(F)F)c1F)c1cc(NC(=O)[C@H]2[C@H](c3ccc(F)c(Cl)c3)C2(Cl)Cl)cc(F)c1Cl. The summed E-state index contributed by atoms with van der Waals surface area (Å²) in [6, 6.07) is 6.71. The summed E-state index contributed by atoms with van der Waals surface area (Å²) in [4.78, 5) is 37.2. The van der Waals surface area contributed by atoms with Crippen molar-refractivity contribution in [2.75, 3.05) is 5.32 Å². The molecule has 1 aliphatic carbocycles. The zero-order valence-corrected chi connectivity index (χ0v) is 23.5. The van der Waals surface area contributed by atoms with Crippen LogP contribution < -0.4 is 5.32 Å². The maximum absolute atomic E-state index is 14.9. The van der Waals surface area contributed by atoms with Crippen LogP contribution >= 0.6 is 46.4 Å². The average molecular weight is 675 g/mol. The van der Waals surface area contributed by atoms with Crippen LogP contribution in [0.3, 0.4) is 0 Å². The van der Waals surface area contributed by atoms with Crippen LogP contribution in [-0.4, -0.2) is 28.0 Å². The van der Waals surface area contributed by atoms with Crippen molar-refractivity contribution < 1.29 is 45.1 Å². The molecule has 3 aromatic rings. The van der Waals surface area contributed by atoms with E-state index in [0.717, 1.165) is 24.3 Å². The maximum atomic E-state index is 14.9. The molecule has 4 nitrogen and oxygen atoms in total. The Morgan fingerprint density at radius 3 is 2.12 bits per heavy atom. The number of Topliss-reactive ketones (excluding diaryl/α,β-unsaturated/α-hetero) is 2. The summed E-state index contributed by atoms with van der Waals surface area (Å²) in [5.74, 6) is -11.1. The summed E-state index contributed by atoms with van der Waals surface area (Å²) < 4.78 is 93.3. The van der Waals surface area contributed by atoms with Crippen molar-refractivity contribution in [3.05, 3.63) is 98.0 Å². The van der Waals surface area contributed by atoms with Crippen LogP contribution in [0.25, 0.3) is 0 Å². The summed E-state index contributed by atoms with van der Waals surface area (Å²) >= 11 is 24.2. The third kappa shape index (κ3) is 6.39. The fourth-order valence-corrected chi connectivity index (χ4v) is 5.56. The van der Waals surface area contributed by atoms with Crippen molar-refractivity contribution in [3.8, 4) is 0 Å². The van der Waals surface area contributed by atoms with Gasteiger partial charge in [-0.1, -0.05) is 35.3 Å². The van der Waals surface area contributed by atoms with Gasteiger partial charge in [-0.2, -0.15) is 13.2 Å². The minimum absolute atomic E-state index is 0.234. The second-order valence-corrected chi connectivity index (χ2v) is 11.5. The van der Waals surface area contributed by atoms with Gasteiger partial charge in [0.1, 0.15) is 27.6 Å². The lowest BCUT2D eigenvalue weighted by atomic mass is 9.97. The van der Waals surface area contributed by atoms with Crippen molar-refractivity contribution in [3.63, 3.8) is 0 Å². The first-order valence-corrected chi connectivity index (χ1v) is 13.2. The number of anilines is 1. The molecule has 4 rings (SSSR count). The Morgan fingerprint density at radius 2 is 1.50 bits per heavy atom. The molecule has 0 saturated heterocycles. The van der Waals surface area contributed by atoms with Gasteiger partial charge in [-0.05, 0) is 41.5 Å². The number of carbonyl (C=O) groups is 3.